The summed E-state index contributed by atoms with van der Waals surface area (Å²) in [4.78, 5) is 0. The first-order valence-electron chi connectivity index (χ1n) is 7.09. The van der Waals surface area contributed by atoms with Gasteiger partial charge in [0.15, 0.2) is 0 Å². The van der Waals surface area contributed by atoms with Gasteiger partial charge < -0.3 is 0 Å². The van der Waals surface area contributed by atoms with Crippen molar-refractivity contribution >= 4 is 27.5 Å². The molecule has 3 rings (SSSR count). The maximum Gasteiger partial charge on any atom is 0.0596 e. The van der Waals surface area contributed by atoms with E-state index in [1.165, 1.54) is 25.7 Å². The minimum atomic E-state index is 0.161. The molecule has 1 aromatic rings. The number of fused-ring (bicyclic) bond motifs is 2. The van der Waals surface area contributed by atoms with Crippen LogP contribution in [0.15, 0.2) is 22.7 Å². The van der Waals surface area contributed by atoms with Gasteiger partial charge in [-0.15, -0.1) is 0 Å². The van der Waals surface area contributed by atoms with Gasteiger partial charge in [-0.3, -0.25) is 11.3 Å². The molecule has 4 atom stereocenters. The lowest BCUT2D eigenvalue weighted by Crippen LogP contribution is -2.31. The van der Waals surface area contributed by atoms with E-state index in [4.69, 9.17) is 17.4 Å². The highest BCUT2D eigenvalue weighted by Crippen LogP contribution is 2.51. The van der Waals surface area contributed by atoms with Crippen LogP contribution in [0.5, 0.6) is 0 Å². The first-order valence-corrected chi connectivity index (χ1v) is 8.26. The number of nitrogens with one attached hydrogen (secondary N) is 1. The Morgan fingerprint density at radius 3 is 2.84 bits per heavy atom. The summed E-state index contributed by atoms with van der Waals surface area (Å²) in [6.45, 7) is 0. The molecule has 2 aliphatic rings. The van der Waals surface area contributed by atoms with Crippen molar-refractivity contribution in [3.05, 3.63) is 33.3 Å². The zero-order chi connectivity index (χ0) is 13.4. The highest BCUT2D eigenvalue weighted by molar-refractivity contribution is 9.10. The summed E-state index contributed by atoms with van der Waals surface area (Å²) in [7, 11) is 0. The summed E-state index contributed by atoms with van der Waals surface area (Å²) in [6, 6.07) is 6.23. The molecule has 2 aliphatic carbocycles. The monoisotopic (exact) mass is 342 g/mol. The quantitative estimate of drug-likeness (QED) is 0.627. The van der Waals surface area contributed by atoms with Gasteiger partial charge in [-0.25, -0.2) is 0 Å². The molecule has 4 unspecified atom stereocenters. The van der Waals surface area contributed by atoms with E-state index in [2.05, 4.69) is 27.4 Å². The molecular formula is C15H20BrClN2. The Morgan fingerprint density at radius 1 is 1.37 bits per heavy atom. The standard InChI is InChI=1S/C15H20BrClN2/c16-13-3-1-2-12(15(13)17)14(19-18)8-11-7-9-4-5-10(11)6-9/h1-3,9-11,14,19H,4-8,18H2. The molecule has 2 nitrogen and oxygen atoms in total. The Bertz CT molecular complexity index is 465. The number of hydrazine groups is 1. The van der Waals surface area contributed by atoms with E-state index in [0.717, 1.165) is 39.2 Å². The molecule has 0 radical (unpaired) electrons. The summed E-state index contributed by atoms with van der Waals surface area (Å²) >= 11 is 9.88. The molecule has 19 heavy (non-hydrogen) atoms. The molecule has 2 saturated carbocycles. The number of halogens is 2. The lowest BCUT2D eigenvalue weighted by atomic mass is 9.83. The van der Waals surface area contributed by atoms with Gasteiger partial charge in [-0.05, 0) is 71.0 Å². The fraction of sp³-hybridized carbons (Fsp3) is 0.600. The molecule has 3 N–H and O–H groups in total. The Kier molecular flexibility index (Phi) is 4.18. The minimum absolute atomic E-state index is 0.161. The van der Waals surface area contributed by atoms with Gasteiger partial charge in [0.2, 0.25) is 0 Å². The van der Waals surface area contributed by atoms with Crippen molar-refractivity contribution in [1.82, 2.24) is 5.43 Å². The summed E-state index contributed by atoms with van der Waals surface area (Å²) in [5.74, 6) is 8.49. The molecule has 2 bridgehead atoms. The number of benzene rings is 1. The van der Waals surface area contributed by atoms with Crippen molar-refractivity contribution in [3.8, 4) is 0 Å². The number of hydrogen-bond donors (Lipinski definition) is 2. The van der Waals surface area contributed by atoms with Crippen LogP contribution in [0.25, 0.3) is 0 Å². The normalized spacial score (nSPS) is 30.8. The Morgan fingerprint density at radius 2 is 2.21 bits per heavy atom. The molecular weight excluding hydrogens is 324 g/mol. The average Bonchev–Trinajstić information content (AvgIpc) is 3.02. The summed E-state index contributed by atoms with van der Waals surface area (Å²) < 4.78 is 0.944. The lowest BCUT2D eigenvalue weighted by Gasteiger charge is -2.27. The minimum Gasteiger partial charge on any atom is -0.271 e. The summed E-state index contributed by atoms with van der Waals surface area (Å²) in [5, 5.41) is 0.786. The molecule has 0 amide bonds. The first-order chi connectivity index (χ1) is 9.19. The third kappa shape index (κ3) is 2.71. The Balaban J connectivity index is 1.75. The predicted molar refractivity (Wildman–Crippen MR) is 82.8 cm³/mol. The van der Waals surface area contributed by atoms with Crippen molar-refractivity contribution < 1.29 is 0 Å². The largest absolute Gasteiger partial charge is 0.271 e. The van der Waals surface area contributed by atoms with Crippen LogP contribution in [0.3, 0.4) is 0 Å². The maximum absolute atomic E-state index is 6.39. The second-order valence-electron chi connectivity index (χ2n) is 6.03. The second kappa shape index (κ2) is 5.72. The van der Waals surface area contributed by atoms with Gasteiger partial charge in [0.1, 0.15) is 0 Å². The van der Waals surface area contributed by atoms with Crippen LogP contribution in [0.1, 0.15) is 43.7 Å². The van der Waals surface area contributed by atoms with Crippen LogP contribution in [-0.4, -0.2) is 0 Å². The van der Waals surface area contributed by atoms with Crippen molar-refractivity contribution in [2.45, 2.75) is 38.1 Å². The highest BCUT2D eigenvalue weighted by Gasteiger charge is 2.40. The van der Waals surface area contributed by atoms with E-state index < -0.39 is 0 Å². The van der Waals surface area contributed by atoms with E-state index in [0.29, 0.717) is 0 Å². The van der Waals surface area contributed by atoms with Gasteiger partial charge in [0.25, 0.3) is 0 Å². The maximum atomic E-state index is 6.39. The molecule has 2 fully saturated rings. The van der Waals surface area contributed by atoms with Gasteiger partial charge in [-0.2, -0.15) is 0 Å². The third-order valence-electron chi connectivity index (χ3n) is 4.98. The lowest BCUT2D eigenvalue weighted by molar-refractivity contribution is 0.280. The third-order valence-corrected chi connectivity index (χ3v) is 6.29. The van der Waals surface area contributed by atoms with Crippen molar-refractivity contribution in [3.63, 3.8) is 0 Å². The van der Waals surface area contributed by atoms with E-state index in [-0.39, 0.29) is 6.04 Å². The summed E-state index contributed by atoms with van der Waals surface area (Å²) in [6.07, 6.45) is 6.79. The second-order valence-corrected chi connectivity index (χ2v) is 7.27. The van der Waals surface area contributed by atoms with Crippen LogP contribution in [-0.2, 0) is 0 Å². The SMILES string of the molecule is NNC(CC1CC2CCC1C2)c1cccc(Br)c1Cl. The van der Waals surface area contributed by atoms with Crippen molar-refractivity contribution in [2.75, 3.05) is 0 Å². The van der Waals surface area contributed by atoms with E-state index in [9.17, 15) is 0 Å². The Labute approximate surface area is 128 Å². The van der Waals surface area contributed by atoms with Crippen molar-refractivity contribution in [2.24, 2.45) is 23.6 Å². The molecule has 4 heteroatoms. The highest BCUT2D eigenvalue weighted by atomic mass is 79.9. The van der Waals surface area contributed by atoms with Crippen molar-refractivity contribution in [1.29, 1.82) is 0 Å². The van der Waals surface area contributed by atoms with Crippen LogP contribution in [0.2, 0.25) is 5.02 Å². The molecule has 0 aliphatic heterocycles. The first kappa shape index (κ1) is 13.9. The topological polar surface area (TPSA) is 38.0 Å². The van der Waals surface area contributed by atoms with E-state index in [1.807, 2.05) is 12.1 Å². The predicted octanol–water partition coefficient (Wildman–Crippen LogP) is 4.43. The van der Waals surface area contributed by atoms with Crippen LogP contribution in [0, 0.1) is 17.8 Å². The Hall–Kier alpha value is -0.0900. The van der Waals surface area contributed by atoms with Gasteiger partial charge in [-0.1, -0.05) is 30.2 Å². The smallest absolute Gasteiger partial charge is 0.0596 e. The van der Waals surface area contributed by atoms with E-state index in [1.54, 1.807) is 0 Å². The molecule has 1 aromatic carbocycles. The molecule has 0 aromatic heterocycles. The fourth-order valence-corrected chi connectivity index (χ4v) is 4.68. The molecule has 0 spiro atoms. The van der Waals surface area contributed by atoms with Gasteiger partial charge in [0.05, 0.1) is 5.02 Å². The number of rotatable bonds is 4. The van der Waals surface area contributed by atoms with Gasteiger partial charge >= 0.3 is 0 Å². The van der Waals surface area contributed by atoms with E-state index >= 15 is 0 Å². The van der Waals surface area contributed by atoms with Crippen LogP contribution < -0.4 is 11.3 Å². The van der Waals surface area contributed by atoms with Crippen LogP contribution in [0.4, 0.5) is 0 Å². The fourth-order valence-electron chi connectivity index (χ4n) is 4.04. The zero-order valence-electron chi connectivity index (χ0n) is 10.9. The zero-order valence-corrected chi connectivity index (χ0v) is 13.3. The van der Waals surface area contributed by atoms with Gasteiger partial charge in [0, 0.05) is 10.5 Å². The molecule has 104 valence electrons. The average molecular weight is 344 g/mol. The molecule has 0 saturated heterocycles. The summed E-state index contributed by atoms with van der Waals surface area (Å²) in [5.41, 5.74) is 4.08. The van der Waals surface area contributed by atoms with Crippen LogP contribution >= 0.6 is 27.5 Å². The number of nitrogens with two attached hydrogens (primary N) is 1. The number of hydrogen-bond acceptors (Lipinski definition) is 2. The molecule has 0 heterocycles.